The van der Waals surface area contributed by atoms with Crippen LogP contribution in [0.3, 0.4) is 0 Å². The third-order valence-corrected chi connectivity index (χ3v) is 4.34. The topological polar surface area (TPSA) is 62.8 Å². The molecule has 0 spiro atoms. The lowest BCUT2D eigenvalue weighted by atomic mass is 10.2. The van der Waals surface area contributed by atoms with Crippen LogP contribution in [-0.2, 0) is 13.2 Å². The highest BCUT2D eigenvalue weighted by atomic mass is 35.5. The lowest BCUT2D eigenvalue weighted by Gasteiger charge is -2.14. The van der Waals surface area contributed by atoms with E-state index in [9.17, 15) is 0 Å². The first-order valence-corrected chi connectivity index (χ1v) is 9.76. The van der Waals surface area contributed by atoms with Gasteiger partial charge in [-0.1, -0.05) is 35.9 Å². The van der Waals surface area contributed by atoms with Crippen LogP contribution >= 0.6 is 36.4 Å². The van der Waals surface area contributed by atoms with E-state index in [0.29, 0.717) is 30.5 Å². The fourth-order valence-electron chi connectivity index (χ4n) is 2.60. The van der Waals surface area contributed by atoms with Gasteiger partial charge in [0.25, 0.3) is 0 Å². The summed E-state index contributed by atoms with van der Waals surface area (Å²) < 4.78 is 11.7. The summed E-state index contributed by atoms with van der Waals surface area (Å²) in [4.78, 5) is 0. The van der Waals surface area contributed by atoms with Crippen LogP contribution in [0.1, 0.15) is 24.5 Å². The summed E-state index contributed by atoms with van der Waals surface area (Å²) in [6.07, 6.45) is 1.01. The largest absolute Gasteiger partial charge is 0.490 e. The molecule has 0 unspecified atom stereocenters. The van der Waals surface area contributed by atoms with Gasteiger partial charge in [0.15, 0.2) is 11.5 Å². The molecule has 0 aliphatic heterocycles. The minimum absolute atomic E-state index is 0. The summed E-state index contributed by atoms with van der Waals surface area (Å²) in [5.74, 6) is 1.46. The monoisotopic (exact) mass is 464 g/mol. The minimum Gasteiger partial charge on any atom is -0.490 e. The van der Waals surface area contributed by atoms with Crippen molar-refractivity contribution in [3.63, 3.8) is 0 Å². The Labute approximate surface area is 191 Å². The fraction of sp³-hybridized carbons (Fsp3) is 0.429. The van der Waals surface area contributed by atoms with Gasteiger partial charge in [-0.2, -0.15) is 0 Å². The molecule has 164 valence electrons. The van der Waals surface area contributed by atoms with Crippen molar-refractivity contribution in [2.45, 2.75) is 26.5 Å². The Kier molecular flexibility index (Phi) is 15.9. The average molecular weight is 466 g/mol. The average Bonchev–Trinajstić information content (AvgIpc) is 2.68. The van der Waals surface area contributed by atoms with E-state index in [-0.39, 0.29) is 31.4 Å². The molecule has 0 aromatic heterocycles. The Morgan fingerprint density at radius 3 is 2.41 bits per heavy atom. The van der Waals surface area contributed by atoms with Crippen LogP contribution in [0.4, 0.5) is 0 Å². The van der Waals surface area contributed by atoms with Gasteiger partial charge in [-0.25, -0.2) is 0 Å². The van der Waals surface area contributed by atoms with E-state index in [4.69, 9.17) is 26.2 Å². The van der Waals surface area contributed by atoms with Crippen LogP contribution in [-0.4, -0.2) is 38.0 Å². The van der Waals surface area contributed by atoms with Gasteiger partial charge in [0.05, 0.1) is 13.2 Å². The highest BCUT2D eigenvalue weighted by Crippen LogP contribution is 2.30. The van der Waals surface area contributed by atoms with E-state index in [1.807, 2.05) is 49.4 Å². The molecule has 0 radical (unpaired) electrons. The van der Waals surface area contributed by atoms with Gasteiger partial charge in [-0.15, -0.1) is 24.8 Å². The second kappa shape index (κ2) is 16.6. The van der Waals surface area contributed by atoms with E-state index in [2.05, 4.69) is 10.6 Å². The lowest BCUT2D eigenvalue weighted by molar-refractivity contribution is 0.269. The SMILES string of the molecule is CCOc1cc(CNCCCNCCO)ccc1OCc1ccccc1Cl.Cl.Cl. The van der Waals surface area contributed by atoms with Crippen LogP contribution < -0.4 is 20.1 Å². The van der Waals surface area contributed by atoms with Crippen molar-refractivity contribution in [2.75, 3.05) is 32.8 Å². The maximum atomic E-state index is 8.72. The second-order valence-electron chi connectivity index (χ2n) is 6.10. The van der Waals surface area contributed by atoms with Crippen LogP contribution in [0.5, 0.6) is 11.5 Å². The Morgan fingerprint density at radius 2 is 1.69 bits per heavy atom. The first kappa shape index (κ1) is 27.8. The first-order chi connectivity index (χ1) is 13.2. The predicted molar refractivity (Wildman–Crippen MR) is 124 cm³/mol. The van der Waals surface area contributed by atoms with E-state index in [0.717, 1.165) is 42.9 Å². The number of rotatable bonds is 13. The third kappa shape index (κ3) is 10.4. The number of hydrogen-bond acceptors (Lipinski definition) is 5. The Hall–Kier alpha value is -1.21. The molecule has 0 amide bonds. The molecule has 3 N–H and O–H groups in total. The highest BCUT2D eigenvalue weighted by molar-refractivity contribution is 6.31. The number of ether oxygens (including phenoxy) is 2. The van der Waals surface area contributed by atoms with Crippen LogP contribution in [0.2, 0.25) is 5.02 Å². The zero-order valence-electron chi connectivity index (χ0n) is 16.7. The lowest BCUT2D eigenvalue weighted by Crippen LogP contribution is -2.23. The van der Waals surface area contributed by atoms with Crippen LogP contribution in [0.25, 0.3) is 0 Å². The zero-order chi connectivity index (χ0) is 19.3. The third-order valence-electron chi connectivity index (χ3n) is 3.97. The van der Waals surface area contributed by atoms with Crippen molar-refractivity contribution >= 4 is 36.4 Å². The molecule has 0 fully saturated rings. The molecule has 0 aliphatic rings. The van der Waals surface area contributed by atoms with Gasteiger partial charge >= 0.3 is 0 Å². The van der Waals surface area contributed by atoms with Gasteiger partial charge in [0, 0.05) is 23.7 Å². The molecule has 0 bridgehead atoms. The van der Waals surface area contributed by atoms with E-state index >= 15 is 0 Å². The minimum atomic E-state index is 0. The second-order valence-corrected chi connectivity index (χ2v) is 6.51. The summed E-state index contributed by atoms with van der Waals surface area (Å²) >= 11 is 6.19. The van der Waals surface area contributed by atoms with Gasteiger partial charge < -0.3 is 25.2 Å². The molecule has 2 rings (SSSR count). The number of hydrogen-bond donors (Lipinski definition) is 3. The Balaban J connectivity index is 0.00000392. The summed E-state index contributed by atoms with van der Waals surface area (Å²) in [7, 11) is 0. The summed E-state index contributed by atoms with van der Waals surface area (Å²) in [5, 5.41) is 16.0. The smallest absolute Gasteiger partial charge is 0.161 e. The zero-order valence-corrected chi connectivity index (χ0v) is 19.0. The van der Waals surface area contributed by atoms with Crippen molar-refractivity contribution in [2.24, 2.45) is 0 Å². The quantitative estimate of drug-likeness (QED) is 0.387. The van der Waals surface area contributed by atoms with Crippen molar-refractivity contribution in [1.82, 2.24) is 10.6 Å². The number of halogens is 3. The molecule has 5 nitrogen and oxygen atoms in total. The van der Waals surface area contributed by atoms with Gasteiger partial charge in [-0.05, 0) is 50.2 Å². The normalized spacial score (nSPS) is 10.0. The molecule has 0 aliphatic carbocycles. The van der Waals surface area contributed by atoms with Gasteiger partial charge in [-0.3, -0.25) is 0 Å². The number of aliphatic hydroxyl groups is 1. The first-order valence-electron chi connectivity index (χ1n) is 9.38. The van der Waals surface area contributed by atoms with Gasteiger partial charge in [0.1, 0.15) is 6.61 Å². The van der Waals surface area contributed by atoms with E-state index < -0.39 is 0 Å². The molecular formula is C21H31Cl3N2O3. The van der Waals surface area contributed by atoms with Crippen LogP contribution in [0.15, 0.2) is 42.5 Å². The maximum Gasteiger partial charge on any atom is 0.161 e. The molecule has 29 heavy (non-hydrogen) atoms. The summed E-state index contributed by atoms with van der Waals surface area (Å²) in [6.45, 7) is 6.34. The molecule has 0 saturated carbocycles. The van der Waals surface area contributed by atoms with Crippen molar-refractivity contribution in [3.8, 4) is 11.5 Å². The standard InChI is InChI=1S/C21H29ClN2O3.2ClH/c1-2-26-21-14-17(15-24-11-5-10-23-12-13-25)8-9-20(21)27-16-18-6-3-4-7-19(18)22;;/h3-4,6-9,14,23-25H,2,5,10-13,15-16H2,1H3;2*1H. The van der Waals surface area contributed by atoms with Crippen LogP contribution in [0, 0.1) is 0 Å². The molecular weight excluding hydrogens is 435 g/mol. The fourth-order valence-corrected chi connectivity index (χ4v) is 2.79. The van der Waals surface area contributed by atoms with Crippen molar-refractivity contribution < 1.29 is 14.6 Å². The maximum absolute atomic E-state index is 8.72. The number of nitrogens with one attached hydrogen (secondary N) is 2. The van der Waals surface area contributed by atoms with Gasteiger partial charge in [0.2, 0.25) is 0 Å². The summed E-state index contributed by atoms with van der Waals surface area (Å²) in [5.41, 5.74) is 2.09. The predicted octanol–water partition coefficient (Wildman–Crippen LogP) is 4.22. The highest BCUT2D eigenvalue weighted by Gasteiger charge is 2.08. The van der Waals surface area contributed by atoms with E-state index in [1.54, 1.807) is 0 Å². The molecule has 2 aromatic carbocycles. The van der Waals surface area contributed by atoms with E-state index in [1.165, 1.54) is 0 Å². The molecule has 0 heterocycles. The molecule has 2 aromatic rings. The molecule has 8 heteroatoms. The Morgan fingerprint density at radius 1 is 0.931 bits per heavy atom. The summed E-state index contributed by atoms with van der Waals surface area (Å²) in [6, 6.07) is 13.7. The number of aliphatic hydroxyl groups excluding tert-OH is 1. The van der Waals surface area contributed by atoms with Crippen molar-refractivity contribution in [3.05, 3.63) is 58.6 Å². The molecule has 0 saturated heterocycles. The number of benzene rings is 2. The molecule has 0 atom stereocenters. The Bertz CT molecular complexity index is 690. The van der Waals surface area contributed by atoms with Crippen molar-refractivity contribution in [1.29, 1.82) is 0 Å².